The van der Waals surface area contributed by atoms with Crippen molar-refractivity contribution >= 4 is 0 Å². The highest BCUT2D eigenvalue weighted by Gasteiger charge is 2.45. The normalized spacial score (nSPS) is 25.0. The van der Waals surface area contributed by atoms with E-state index in [0.717, 1.165) is 63.2 Å². The number of halogens is 2. The van der Waals surface area contributed by atoms with Crippen molar-refractivity contribution in [1.29, 1.82) is 0 Å². The second kappa shape index (κ2) is 12.0. The van der Waals surface area contributed by atoms with Crippen LogP contribution < -0.4 is 0 Å². The summed E-state index contributed by atoms with van der Waals surface area (Å²) in [5, 5.41) is 10.4. The van der Waals surface area contributed by atoms with Crippen LogP contribution in [0, 0.1) is 24.5 Å². The van der Waals surface area contributed by atoms with Gasteiger partial charge in [-0.15, -0.1) is 0 Å². The first kappa shape index (κ1) is 28.7. The number of hydrogen-bond donors (Lipinski definition) is 1. The standard InChI is InChI=1S/C34H43F2N3O/c1-24-5-14-31(40)23-32(24)34(15-17-37(4)26(3)25(34)2)16-18-38-19-21-39(22-20-38)33(27-6-10-29(35)11-7-27)28-8-12-30(36)13-9-28/h5-14,23,25-26,33,40H,15-22H2,1-4H3/t25-,26?,34?/m0/s1. The van der Waals surface area contributed by atoms with Crippen LogP contribution in [0.1, 0.15) is 55.0 Å². The Morgan fingerprint density at radius 3 is 2.00 bits per heavy atom. The van der Waals surface area contributed by atoms with Gasteiger partial charge in [-0.3, -0.25) is 4.90 Å². The van der Waals surface area contributed by atoms with Crippen LogP contribution in [0.5, 0.6) is 5.75 Å². The first-order valence-corrected chi connectivity index (χ1v) is 14.7. The summed E-state index contributed by atoms with van der Waals surface area (Å²) in [4.78, 5) is 7.47. The van der Waals surface area contributed by atoms with Crippen molar-refractivity contribution in [3.63, 3.8) is 0 Å². The number of piperidine rings is 1. The minimum Gasteiger partial charge on any atom is -0.508 e. The molecule has 2 aliphatic rings. The van der Waals surface area contributed by atoms with Gasteiger partial charge in [0.1, 0.15) is 17.4 Å². The molecule has 3 aromatic rings. The number of benzene rings is 3. The van der Waals surface area contributed by atoms with E-state index in [4.69, 9.17) is 0 Å². The van der Waals surface area contributed by atoms with Gasteiger partial charge in [-0.1, -0.05) is 37.3 Å². The van der Waals surface area contributed by atoms with Crippen molar-refractivity contribution in [2.45, 2.75) is 51.1 Å². The summed E-state index contributed by atoms with van der Waals surface area (Å²) >= 11 is 0. The number of phenols is 1. The molecule has 3 aromatic carbocycles. The molecular weight excluding hydrogens is 504 g/mol. The predicted octanol–water partition coefficient (Wildman–Crippen LogP) is 6.37. The highest BCUT2D eigenvalue weighted by molar-refractivity contribution is 5.41. The molecule has 0 saturated carbocycles. The lowest BCUT2D eigenvalue weighted by Gasteiger charge is -2.51. The molecule has 2 fully saturated rings. The molecule has 0 amide bonds. The summed E-state index contributed by atoms with van der Waals surface area (Å²) in [5.74, 6) is 0.300. The smallest absolute Gasteiger partial charge is 0.123 e. The molecule has 0 aliphatic carbocycles. The van der Waals surface area contributed by atoms with Gasteiger partial charge in [0.25, 0.3) is 0 Å². The van der Waals surface area contributed by atoms with Gasteiger partial charge in [0, 0.05) is 37.6 Å². The molecule has 0 aromatic heterocycles. The summed E-state index contributed by atoms with van der Waals surface area (Å²) in [7, 11) is 2.22. The number of phenolic OH excluding ortho intramolecular Hbond substituents is 1. The molecule has 6 heteroatoms. The predicted molar refractivity (Wildman–Crippen MR) is 158 cm³/mol. The number of nitrogens with zero attached hydrogens (tertiary/aromatic N) is 3. The summed E-state index contributed by atoms with van der Waals surface area (Å²) in [6, 6.07) is 19.7. The zero-order valence-electron chi connectivity index (χ0n) is 24.3. The molecule has 0 spiro atoms. The summed E-state index contributed by atoms with van der Waals surface area (Å²) in [5.41, 5.74) is 4.61. The maximum Gasteiger partial charge on any atom is 0.123 e. The van der Waals surface area contributed by atoms with Crippen LogP contribution in [0.15, 0.2) is 66.7 Å². The Labute approximate surface area is 238 Å². The molecule has 2 heterocycles. The van der Waals surface area contributed by atoms with Crippen molar-refractivity contribution in [2.24, 2.45) is 5.92 Å². The van der Waals surface area contributed by atoms with Gasteiger partial charge in [0.15, 0.2) is 0 Å². The van der Waals surface area contributed by atoms with Crippen molar-refractivity contribution in [1.82, 2.24) is 14.7 Å². The van der Waals surface area contributed by atoms with Crippen LogP contribution in [0.4, 0.5) is 8.78 Å². The molecule has 2 aliphatic heterocycles. The summed E-state index contributed by atoms with van der Waals surface area (Å²) in [6.45, 7) is 12.6. The highest BCUT2D eigenvalue weighted by atomic mass is 19.1. The maximum atomic E-state index is 13.7. The maximum absolute atomic E-state index is 13.7. The minimum atomic E-state index is -0.250. The molecule has 0 bridgehead atoms. The molecule has 0 radical (unpaired) electrons. The third kappa shape index (κ3) is 5.81. The van der Waals surface area contributed by atoms with E-state index in [1.807, 2.05) is 30.3 Å². The van der Waals surface area contributed by atoms with Gasteiger partial charge in [-0.25, -0.2) is 8.78 Å². The average molecular weight is 548 g/mol. The fraction of sp³-hybridized carbons (Fsp3) is 0.471. The Morgan fingerprint density at radius 2 is 1.43 bits per heavy atom. The van der Waals surface area contributed by atoms with Crippen molar-refractivity contribution in [2.75, 3.05) is 46.3 Å². The number of hydrogen-bond acceptors (Lipinski definition) is 4. The minimum absolute atomic E-state index is 0.0106. The summed E-state index contributed by atoms with van der Waals surface area (Å²) in [6.07, 6.45) is 2.13. The average Bonchev–Trinajstić information content (AvgIpc) is 2.96. The van der Waals surface area contributed by atoms with E-state index < -0.39 is 0 Å². The highest BCUT2D eigenvalue weighted by Crippen LogP contribution is 2.47. The third-order valence-electron chi connectivity index (χ3n) is 9.98. The number of aryl methyl sites for hydroxylation is 1. The Morgan fingerprint density at radius 1 is 0.850 bits per heavy atom. The van der Waals surface area contributed by atoms with Crippen LogP contribution >= 0.6 is 0 Å². The van der Waals surface area contributed by atoms with Gasteiger partial charge in [0.05, 0.1) is 6.04 Å². The van der Waals surface area contributed by atoms with Crippen LogP contribution in [-0.2, 0) is 5.41 Å². The fourth-order valence-electron chi connectivity index (χ4n) is 7.17. The van der Waals surface area contributed by atoms with Gasteiger partial charge in [-0.05, 0) is 111 Å². The fourth-order valence-corrected chi connectivity index (χ4v) is 7.17. The van der Waals surface area contributed by atoms with Gasteiger partial charge in [-0.2, -0.15) is 0 Å². The van der Waals surface area contributed by atoms with Crippen LogP contribution in [0.2, 0.25) is 0 Å². The lowest BCUT2D eigenvalue weighted by atomic mass is 9.61. The van der Waals surface area contributed by atoms with Crippen molar-refractivity contribution in [3.05, 3.63) is 101 Å². The lowest BCUT2D eigenvalue weighted by Crippen LogP contribution is -2.55. The molecular formula is C34H43F2N3O. The first-order valence-electron chi connectivity index (χ1n) is 14.7. The molecule has 3 atom stereocenters. The van der Waals surface area contributed by atoms with E-state index in [2.05, 4.69) is 48.6 Å². The molecule has 2 saturated heterocycles. The van der Waals surface area contributed by atoms with E-state index >= 15 is 0 Å². The molecule has 4 nitrogen and oxygen atoms in total. The monoisotopic (exact) mass is 547 g/mol. The van der Waals surface area contributed by atoms with E-state index in [-0.39, 0.29) is 23.1 Å². The third-order valence-corrected chi connectivity index (χ3v) is 9.98. The Bertz CT molecular complexity index is 1230. The molecule has 2 unspecified atom stereocenters. The number of rotatable bonds is 7. The van der Waals surface area contributed by atoms with E-state index in [0.29, 0.717) is 17.7 Å². The summed E-state index contributed by atoms with van der Waals surface area (Å²) < 4.78 is 27.4. The van der Waals surface area contributed by atoms with Crippen LogP contribution in [-0.4, -0.2) is 72.2 Å². The zero-order chi connectivity index (χ0) is 28.4. The van der Waals surface area contributed by atoms with E-state index in [9.17, 15) is 13.9 Å². The number of likely N-dealkylation sites (tertiary alicyclic amines) is 1. The second-order valence-electron chi connectivity index (χ2n) is 12.0. The SMILES string of the molecule is Cc1ccc(O)cc1C1(CCN2CCN(C(c3ccc(F)cc3)c3ccc(F)cc3)CC2)CCN(C)C(C)[C@@H]1C. The van der Waals surface area contributed by atoms with Gasteiger partial charge < -0.3 is 14.9 Å². The molecule has 1 N–H and O–H groups in total. The van der Waals surface area contributed by atoms with Crippen molar-refractivity contribution in [3.8, 4) is 5.75 Å². The largest absolute Gasteiger partial charge is 0.508 e. The molecule has 5 rings (SSSR count). The Kier molecular flexibility index (Phi) is 8.60. The van der Waals surface area contributed by atoms with E-state index in [1.54, 1.807) is 6.07 Å². The van der Waals surface area contributed by atoms with Crippen LogP contribution in [0.3, 0.4) is 0 Å². The molecule has 214 valence electrons. The topological polar surface area (TPSA) is 30.0 Å². The van der Waals surface area contributed by atoms with E-state index in [1.165, 1.54) is 35.4 Å². The Hall–Kier alpha value is -2.80. The zero-order valence-corrected chi connectivity index (χ0v) is 24.3. The Balaban J connectivity index is 1.32. The number of aromatic hydroxyl groups is 1. The quantitative estimate of drug-likeness (QED) is 0.372. The van der Waals surface area contributed by atoms with Crippen LogP contribution in [0.25, 0.3) is 0 Å². The molecule has 40 heavy (non-hydrogen) atoms. The number of piperazine rings is 1. The lowest BCUT2D eigenvalue weighted by molar-refractivity contribution is 0.0426. The van der Waals surface area contributed by atoms with Gasteiger partial charge in [0.2, 0.25) is 0 Å². The second-order valence-corrected chi connectivity index (χ2v) is 12.0. The first-order chi connectivity index (χ1) is 19.2. The van der Waals surface area contributed by atoms with Gasteiger partial charge >= 0.3 is 0 Å². The van der Waals surface area contributed by atoms with Crippen molar-refractivity contribution < 1.29 is 13.9 Å².